The van der Waals surface area contributed by atoms with Crippen molar-refractivity contribution in [3.8, 4) is 0 Å². The molecule has 0 saturated heterocycles. The van der Waals surface area contributed by atoms with Crippen molar-refractivity contribution < 1.29 is 4.92 Å². The molecule has 0 fully saturated rings. The van der Waals surface area contributed by atoms with Gasteiger partial charge in [0.2, 0.25) is 0 Å². The van der Waals surface area contributed by atoms with Gasteiger partial charge in [0.15, 0.2) is 0 Å². The highest BCUT2D eigenvalue weighted by Crippen LogP contribution is 2.28. The molecule has 1 aromatic carbocycles. The largest absolute Gasteiger partial charge is 0.278 e. The van der Waals surface area contributed by atoms with Gasteiger partial charge in [0, 0.05) is 23.8 Å². The van der Waals surface area contributed by atoms with Crippen molar-refractivity contribution in [2.24, 2.45) is 0 Å². The zero-order valence-electron chi connectivity index (χ0n) is 9.54. The van der Waals surface area contributed by atoms with Crippen LogP contribution in [0.4, 0.5) is 5.69 Å². The summed E-state index contributed by atoms with van der Waals surface area (Å²) >= 11 is 3.35. The van der Waals surface area contributed by atoms with Gasteiger partial charge in [0.25, 0.3) is 5.69 Å². The van der Waals surface area contributed by atoms with Crippen molar-refractivity contribution in [3.63, 3.8) is 0 Å². The molecule has 92 valence electrons. The number of alkyl halides is 1. The van der Waals surface area contributed by atoms with Crippen LogP contribution in [-0.4, -0.2) is 15.2 Å². The van der Waals surface area contributed by atoms with Gasteiger partial charge in [-0.25, -0.2) is 0 Å². The Kier molecular flexibility index (Phi) is 4.04. The Labute approximate surface area is 113 Å². The number of pyridine rings is 1. The van der Waals surface area contributed by atoms with Crippen molar-refractivity contribution in [2.75, 3.05) is 5.33 Å². The zero-order chi connectivity index (χ0) is 13.0. The molecule has 0 radical (unpaired) electrons. The van der Waals surface area contributed by atoms with Gasteiger partial charge in [0.05, 0.1) is 10.3 Å². The van der Waals surface area contributed by atoms with Crippen LogP contribution in [0.2, 0.25) is 0 Å². The quantitative estimate of drug-likeness (QED) is 0.488. The lowest BCUT2D eigenvalue weighted by atomic mass is 10.0. The average molecular weight is 307 g/mol. The van der Waals surface area contributed by atoms with Crippen LogP contribution in [0.5, 0.6) is 0 Å². The molecule has 2 rings (SSSR count). The van der Waals surface area contributed by atoms with Crippen LogP contribution in [0.15, 0.2) is 36.7 Å². The van der Waals surface area contributed by atoms with E-state index in [-0.39, 0.29) is 10.6 Å². The number of benzene rings is 1. The first kappa shape index (κ1) is 12.7. The lowest BCUT2D eigenvalue weighted by molar-refractivity contribution is -0.383. The van der Waals surface area contributed by atoms with E-state index in [0.717, 1.165) is 22.7 Å². The van der Waals surface area contributed by atoms with Crippen molar-refractivity contribution in [1.29, 1.82) is 0 Å². The lowest BCUT2D eigenvalue weighted by Gasteiger charge is -2.02. The Morgan fingerprint density at radius 3 is 2.89 bits per heavy atom. The van der Waals surface area contributed by atoms with Crippen molar-refractivity contribution in [2.45, 2.75) is 6.42 Å². The second-order valence-corrected chi connectivity index (χ2v) is 4.53. The number of non-ortho nitro benzene ring substituents is 1. The summed E-state index contributed by atoms with van der Waals surface area (Å²) in [6.45, 7) is 0. The molecule has 0 aliphatic carbocycles. The van der Waals surface area contributed by atoms with E-state index in [9.17, 15) is 10.1 Å². The molecule has 0 atom stereocenters. The van der Waals surface area contributed by atoms with Gasteiger partial charge < -0.3 is 0 Å². The standard InChI is InChI=1S/C13H11BrN2O2/c14-7-2-1-3-10-4-5-13(16(17)18)12-9-15-8-6-11(10)12/h1,3-6,8-9H,2,7H2. The van der Waals surface area contributed by atoms with E-state index in [1.807, 2.05) is 12.2 Å². The van der Waals surface area contributed by atoms with E-state index in [1.54, 1.807) is 18.3 Å². The highest BCUT2D eigenvalue weighted by molar-refractivity contribution is 9.09. The number of rotatable bonds is 4. The summed E-state index contributed by atoms with van der Waals surface area (Å²) in [5.74, 6) is 0. The second kappa shape index (κ2) is 5.73. The van der Waals surface area contributed by atoms with Crippen LogP contribution in [0.25, 0.3) is 16.8 Å². The number of fused-ring (bicyclic) bond motifs is 1. The predicted molar refractivity (Wildman–Crippen MR) is 75.8 cm³/mol. The first-order valence-corrected chi connectivity index (χ1v) is 6.60. The summed E-state index contributed by atoms with van der Waals surface area (Å²) < 4.78 is 0. The van der Waals surface area contributed by atoms with Crippen molar-refractivity contribution >= 4 is 38.5 Å². The minimum Gasteiger partial charge on any atom is -0.264 e. The van der Waals surface area contributed by atoms with E-state index < -0.39 is 0 Å². The number of halogens is 1. The minimum absolute atomic E-state index is 0.0933. The van der Waals surface area contributed by atoms with E-state index in [2.05, 4.69) is 20.9 Å². The van der Waals surface area contributed by atoms with Crippen LogP contribution < -0.4 is 0 Å². The highest BCUT2D eigenvalue weighted by atomic mass is 79.9. The molecular formula is C13H11BrN2O2. The summed E-state index contributed by atoms with van der Waals surface area (Å²) in [6.07, 6.45) is 8.12. The summed E-state index contributed by atoms with van der Waals surface area (Å²) in [5.41, 5.74) is 1.06. The van der Waals surface area contributed by atoms with E-state index >= 15 is 0 Å². The van der Waals surface area contributed by atoms with Gasteiger partial charge in [-0.15, -0.1) is 0 Å². The summed E-state index contributed by atoms with van der Waals surface area (Å²) in [4.78, 5) is 14.5. The Balaban J connectivity index is 2.57. The minimum atomic E-state index is -0.379. The number of nitrogens with zero attached hydrogens (tertiary/aromatic N) is 2. The van der Waals surface area contributed by atoms with E-state index in [1.165, 1.54) is 12.3 Å². The monoisotopic (exact) mass is 306 g/mol. The molecule has 1 aromatic heterocycles. The predicted octanol–water partition coefficient (Wildman–Crippen LogP) is 3.94. The molecule has 0 bridgehead atoms. The van der Waals surface area contributed by atoms with Gasteiger partial charge in [-0.2, -0.15) is 0 Å². The van der Waals surface area contributed by atoms with Gasteiger partial charge in [-0.1, -0.05) is 28.1 Å². The molecule has 0 unspecified atom stereocenters. The molecule has 1 heterocycles. The van der Waals surface area contributed by atoms with Gasteiger partial charge >= 0.3 is 0 Å². The molecule has 0 N–H and O–H groups in total. The third kappa shape index (κ3) is 2.56. The summed E-state index contributed by atoms with van der Waals surface area (Å²) in [7, 11) is 0. The number of hydrogen-bond acceptors (Lipinski definition) is 3. The smallest absolute Gasteiger partial charge is 0.264 e. The molecule has 2 aromatic rings. The number of allylic oxidation sites excluding steroid dienone is 1. The number of aromatic nitrogens is 1. The lowest BCUT2D eigenvalue weighted by Crippen LogP contribution is -1.91. The van der Waals surface area contributed by atoms with Crippen LogP contribution in [0, 0.1) is 10.1 Å². The molecule has 0 saturated carbocycles. The van der Waals surface area contributed by atoms with Crippen LogP contribution in [0.1, 0.15) is 12.0 Å². The number of hydrogen-bond donors (Lipinski definition) is 0. The molecule has 0 amide bonds. The van der Waals surface area contributed by atoms with Gasteiger partial charge in [0.1, 0.15) is 0 Å². The van der Waals surface area contributed by atoms with Gasteiger partial charge in [-0.05, 0) is 29.5 Å². The first-order chi connectivity index (χ1) is 8.74. The van der Waals surface area contributed by atoms with E-state index in [4.69, 9.17) is 0 Å². The highest BCUT2D eigenvalue weighted by Gasteiger charge is 2.12. The normalized spacial score (nSPS) is 11.2. The van der Waals surface area contributed by atoms with Gasteiger partial charge in [-0.3, -0.25) is 15.1 Å². The van der Waals surface area contributed by atoms with Crippen LogP contribution >= 0.6 is 15.9 Å². The SMILES string of the molecule is O=[N+]([O-])c1ccc(C=CCCBr)c2ccncc12. The topological polar surface area (TPSA) is 56.0 Å². The zero-order valence-corrected chi connectivity index (χ0v) is 11.1. The maximum absolute atomic E-state index is 10.9. The van der Waals surface area contributed by atoms with Crippen LogP contribution in [-0.2, 0) is 0 Å². The number of nitro benzene ring substituents is 1. The molecule has 18 heavy (non-hydrogen) atoms. The van der Waals surface area contributed by atoms with Crippen molar-refractivity contribution in [3.05, 3.63) is 52.3 Å². The molecular weight excluding hydrogens is 296 g/mol. The fourth-order valence-electron chi connectivity index (χ4n) is 1.78. The summed E-state index contributed by atoms with van der Waals surface area (Å²) in [5, 5.41) is 13.3. The molecule has 5 heteroatoms. The molecule has 4 nitrogen and oxygen atoms in total. The van der Waals surface area contributed by atoms with Crippen LogP contribution in [0.3, 0.4) is 0 Å². The second-order valence-electron chi connectivity index (χ2n) is 3.73. The molecule has 0 aliphatic rings. The van der Waals surface area contributed by atoms with E-state index in [0.29, 0.717) is 5.39 Å². The Hall–Kier alpha value is -1.75. The molecule has 0 aliphatic heterocycles. The fourth-order valence-corrected chi connectivity index (χ4v) is 2.04. The fraction of sp³-hybridized carbons (Fsp3) is 0.154. The third-order valence-corrected chi connectivity index (χ3v) is 3.06. The Morgan fingerprint density at radius 1 is 1.33 bits per heavy atom. The van der Waals surface area contributed by atoms with Crippen molar-refractivity contribution in [1.82, 2.24) is 4.98 Å². The maximum Gasteiger partial charge on any atom is 0.278 e. The Bertz CT molecular complexity index is 611. The Morgan fingerprint density at radius 2 is 2.17 bits per heavy atom. The first-order valence-electron chi connectivity index (χ1n) is 5.47. The maximum atomic E-state index is 10.9. The molecule has 0 spiro atoms. The average Bonchev–Trinajstić information content (AvgIpc) is 2.38. The summed E-state index contributed by atoms with van der Waals surface area (Å²) in [6, 6.07) is 5.10. The number of nitro groups is 1. The third-order valence-electron chi connectivity index (χ3n) is 2.60.